The first-order valence-corrected chi connectivity index (χ1v) is 9.63. The van der Waals surface area contributed by atoms with Gasteiger partial charge in [-0.2, -0.15) is 5.10 Å². The molecule has 0 saturated heterocycles. The van der Waals surface area contributed by atoms with Gasteiger partial charge < -0.3 is 11.1 Å². The number of carbonyl (C=O) groups is 1. The summed E-state index contributed by atoms with van der Waals surface area (Å²) in [6.45, 7) is 1.89. The number of fused-ring (bicyclic) bond motifs is 1. The molecular weight excluding hydrogens is 383 g/mol. The van der Waals surface area contributed by atoms with E-state index >= 15 is 4.39 Å². The maximum absolute atomic E-state index is 15.4. The summed E-state index contributed by atoms with van der Waals surface area (Å²) in [5, 5.41) is 10.2. The van der Waals surface area contributed by atoms with Crippen molar-refractivity contribution < 1.29 is 9.18 Å². The Kier molecular flexibility index (Phi) is 4.20. The van der Waals surface area contributed by atoms with E-state index in [2.05, 4.69) is 25.5 Å². The number of amides is 1. The van der Waals surface area contributed by atoms with Crippen molar-refractivity contribution in [3.05, 3.63) is 65.9 Å². The molecule has 1 aliphatic rings. The van der Waals surface area contributed by atoms with Gasteiger partial charge in [-0.1, -0.05) is 24.3 Å². The lowest BCUT2D eigenvalue weighted by atomic mass is 10.0. The predicted molar refractivity (Wildman–Crippen MR) is 112 cm³/mol. The van der Waals surface area contributed by atoms with Crippen LogP contribution >= 0.6 is 0 Å². The summed E-state index contributed by atoms with van der Waals surface area (Å²) in [6.07, 6.45) is 5.72. The number of H-pyrrole nitrogens is 1. The molecule has 150 valence electrons. The van der Waals surface area contributed by atoms with Crippen LogP contribution in [-0.4, -0.2) is 26.1 Å². The number of rotatable bonds is 4. The number of aryl methyl sites for hydroxylation is 1. The van der Waals surface area contributed by atoms with Crippen molar-refractivity contribution in [3.63, 3.8) is 0 Å². The summed E-state index contributed by atoms with van der Waals surface area (Å²) in [7, 11) is 0. The topological polar surface area (TPSA) is 110 Å². The molecule has 8 heteroatoms. The second-order valence-corrected chi connectivity index (χ2v) is 7.56. The first-order valence-electron chi connectivity index (χ1n) is 9.63. The van der Waals surface area contributed by atoms with E-state index in [1.807, 2.05) is 25.1 Å². The maximum Gasteiger partial charge on any atom is 0.229 e. The van der Waals surface area contributed by atoms with E-state index < -0.39 is 5.82 Å². The number of aromatic nitrogens is 4. The Hall–Kier alpha value is -3.81. The summed E-state index contributed by atoms with van der Waals surface area (Å²) in [6, 6.07) is 8.92. The van der Waals surface area contributed by atoms with Gasteiger partial charge in [0.15, 0.2) is 5.82 Å². The number of benzene rings is 1. The Bertz CT molecular complexity index is 1270. The summed E-state index contributed by atoms with van der Waals surface area (Å²) < 4.78 is 15.4. The number of halogens is 1. The van der Waals surface area contributed by atoms with Gasteiger partial charge >= 0.3 is 0 Å². The summed E-state index contributed by atoms with van der Waals surface area (Å²) in [4.78, 5) is 21.1. The first kappa shape index (κ1) is 18.2. The molecule has 0 radical (unpaired) electrons. The second-order valence-electron chi connectivity index (χ2n) is 7.56. The van der Waals surface area contributed by atoms with E-state index in [-0.39, 0.29) is 40.5 Å². The molecule has 7 nitrogen and oxygen atoms in total. The zero-order valence-electron chi connectivity index (χ0n) is 16.2. The molecule has 1 saturated carbocycles. The smallest absolute Gasteiger partial charge is 0.229 e. The molecule has 1 fully saturated rings. The molecule has 3 aromatic heterocycles. The SMILES string of the molecule is Cc1ccccc1-c1nc(N)c2cnc(NC(=O)[C@H]3C[C@@H]3c3cn[nH]c3)cc2c1F. The normalized spacial score (nSPS) is 17.8. The molecule has 0 unspecified atom stereocenters. The molecular formula is C22H19FN6O. The molecule has 1 aromatic carbocycles. The van der Waals surface area contributed by atoms with Gasteiger partial charge in [0.1, 0.15) is 17.3 Å². The molecule has 30 heavy (non-hydrogen) atoms. The van der Waals surface area contributed by atoms with E-state index in [1.165, 1.54) is 12.3 Å². The number of nitrogens with zero attached hydrogens (tertiary/aromatic N) is 3. The third kappa shape index (κ3) is 3.06. The minimum Gasteiger partial charge on any atom is -0.383 e. The Morgan fingerprint density at radius 2 is 2.10 bits per heavy atom. The molecule has 5 rings (SSSR count). The highest BCUT2D eigenvalue weighted by molar-refractivity contribution is 5.99. The highest BCUT2D eigenvalue weighted by Gasteiger charge is 2.44. The minimum atomic E-state index is -0.492. The average molecular weight is 402 g/mol. The molecule has 4 N–H and O–H groups in total. The number of nitrogen functional groups attached to an aromatic ring is 1. The van der Waals surface area contributed by atoms with Crippen molar-refractivity contribution in [1.82, 2.24) is 20.2 Å². The van der Waals surface area contributed by atoms with Crippen LogP contribution in [0.15, 0.2) is 48.9 Å². The zero-order chi connectivity index (χ0) is 20.8. The van der Waals surface area contributed by atoms with Gasteiger partial charge in [-0.05, 0) is 36.5 Å². The number of pyridine rings is 2. The van der Waals surface area contributed by atoms with E-state index in [0.717, 1.165) is 17.5 Å². The maximum atomic E-state index is 15.4. The number of nitrogens with two attached hydrogens (primary N) is 1. The van der Waals surface area contributed by atoms with E-state index in [9.17, 15) is 4.79 Å². The highest BCUT2D eigenvalue weighted by atomic mass is 19.1. The average Bonchev–Trinajstić information content (AvgIpc) is 3.36. The lowest BCUT2D eigenvalue weighted by molar-refractivity contribution is -0.117. The van der Waals surface area contributed by atoms with E-state index in [0.29, 0.717) is 10.9 Å². The molecule has 0 bridgehead atoms. The van der Waals surface area contributed by atoms with Crippen molar-refractivity contribution >= 4 is 28.3 Å². The third-order valence-corrected chi connectivity index (χ3v) is 5.58. The van der Waals surface area contributed by atoms with Crippen LogP contribution in [0.3, 0.4) is 0 Å². The second kappa shape index (κ2) is 6.91. The number of nitrogens with one attached hydrogen (secondary N) is 2. The van der Waals surface area contributed by atoms with Crippen LogP contribution in [0.4, 0.5) is 16.0 Å². The van der Waals surface area contributed by atoms with E-state index in [1.54, 1.807) is 18.5 Å². The van der Waals surface area contributed by atoms with Crippen LogP contribution in [0, 0.1) is 18.7 Å². The Balaban J connectivity index is 1.47. The minimum absolute atomic E-state index is 0.144. The predicted octanol–water partition coefficient (Wildman–Crippen LogP) is 3.79. The van der Waals surface area contributed by atoms with Crippen LogP contribution < -0.4 is 11.1 Å². The lowest BCUT2D eigenvalue weighted by Crippen LogP contribution is -2.15. The van der Waals surface area contributed by atoms with Gasteiger partial charge in [0.05, 0.1) is 6.20 Å². The van der Waals surface area contributed by atoms with Crippen molar-refractivity contribution in [2.45, 2.75) is 19.3 Å². The van der Waals surface area contributed by atoms with Gasteiger partial charge in [-0.15, -0.1) is 0 Å². The van der Waals surface area contributed by atoms with Crippen LogP contribution in [0.2, 0.25) is 0 Å². The van der Waals surface area contributed by atoms with Crippen LogP contribution in [0.25, 0.3) is 22.0 Å². The molecule has 2 atom stereocenters. The van der Waals surface area contributed by atoms with Gasteiger partial charge in [0.25, 0.3) is 0 Å². The number of aromatic amines is 1. The fourth-order valence-corrected chi connectivity index (χ4v) is 3.82. The van der Waals surface area contributed by atoms with Crippen molar-refractivity contribution in [2.24, 2.45) is 5.92 Å². The van der Waals surface area contributed by atoms with Gasteiger partial charge in [-0.3, -0.25) is 9.89 Å². The Morgan fingerprint density at radius 1 is 1.27 bits per heavy atom. The summed E-state index contributed by atoms with van der Waals surface area (Å²) in [5.74, 6) is -0.157. The lowest BCUT2D eigenvalue weighted by Gasteiger charge is -2.12. The van der Waals surface area contributed by atoms with Gasteiger partial charge in [0, 0.05) is 34.6 Å². The first-order chi connectivity index (χ1) is 14.5. The van der Waals surface area contributed by atoms with Crippen molar-refractivity contribution in [1.29, 1.82) is 0 Å². The number of hydrogen-bond acceptors (Lipinski definition) is 5. The van der Waals surface area contributed by atoms with Crippen LogP contribution in [0.1, 0.15) is 23.5 Å². The number of anilines is 2. The zero-order valence-corrected chi connectivity index (χ0v) is 16.2. The summed E-state index contributed by atoms with van der Waals surface area (Å²) in [5.41, 5.74) is 8.84. The van der Waals surface area contributed by atoms with Gasteiger partial charge in [-0.25, -0.2) is 14.4 Å². The molecule has 1 aliphatic carbocycles. The molecule has 3 heterocycles. The Labute approximate surface area is 171 Å². The fraction of sp³-hybridized carbons (Fsp3) is 0.182. The van der Waals surface area contributed by atoms with Crippen LogP contribution in [0.5, 0.6) is 0 Å². The third-order valence-electron chi connectivity index (χ3n) is 5.58. The fourth-order valence-electron chi connectivity index (χ4n) is 3.82. The standard InChI is InChI=1S/C22H19FN6O/c1-11-4-2-3-5-13(11)20-19(23)15-7-18(25-10-17(15)21(24)29-20)28-22(30)16-6-14(16)12-8-26-27-9-12/h2-5,7-10,14,16H,6H2,1H3,(H2,24,29)(H,26,27)(H,25,28,30)/t14-,16+/m1/s1. The Morgan fingerprint density at radius 3 is 2.87 bits per heavy atom. The molecule has 0 aliphatic heterocycles. The summed E-state index contributed by atoms with van der Waals surface area (Å²) >= 11 is 0. The quantitative estimate of drug-likeness (QED) is 0.481. The monoisotopic (exact) mass is 402 g/mol. The van der Waals surface area contributed by atoms with Crippen molar-refractivity contribution in [3.8, 4) is 11.3 Å². The van der Waals surface area contributed by atoms with Crippen LogP contribution in [-0.2, 0) is 4.79 Å². The van der Waals surface area contributed by atoms with E-state index in [4.69, 9.17) is 5.73 Å². The molecule has 0 spiro atoms. The largest absolute Gasteiger partial charge is 0.383 e. The van der Waals surface area contributed by atoms with Crippen molar-refractivity contribution in [2.75, 3.05) is 11.1 Å². The highest BCUT2D eigenvalue weighted by Crippen LogP contribution is 2.47. The molecule has 4 aromatic rings. The number of hydrogen-bond donors (Lipinski definition) is 3. The van der Waals surface area contributed by atoms with Gasteiger partial charge in [0.2, 0.25) is 5.91 Å². The number of carbonyl (C=O) groups excluding carboxylic acids is 1. The molecule has 1 amide bonds.